The van der Waals surface area contributed by atoms with E-state index in [9.17, 15) is 39.6 Å². The van der Waals surface area contributed by atoms with Crippen LogP contribution in [0.3, 0.4) is 0 Å². The SMILES string of the molecule is O=C(O)c1cc(N=C=S)cc(CN2CCOCCOCCN(Cc3cccc(C(=O)O)n3)CCOC(C3CN(Cc4cccc(C(=O)O)n4)CCOCCOCCOCCN(Cc4cccc(C(=O)O)n4)CCO3)COCC2)n1. The first-order valence-electron chi connectivity index (χ1n) is 25.9. The summed E-state index contributed by atoms with van der Waals surface area (Å²) in [4.78, 5) is 77.5. The Morgan fingerprint density at radius 2 is 0.810 bits per heavy atom. The largest absolute Gasteiger partial charge is 0.477 e. The van der Waals surface area contributed by atoms with Gasteiger partial charge in [-0.3, -0.25) is 19.6 Å². The standard InChI is InChI=1S/C53H69N9O16S/c63-50(64)44-7-1-4-39(55-44)32-60-11-19-73-26-28-75-29-27-74-20-14-62(34-41-6-3-9-46(57-41)52(67)68)36-48(77-22-15-60)49-37-76-21-13-59(35-43-30-42(54-38-79)31-47(58-43)53(69)70)10-17-71-24-25-72-18-12-61(16-23-78-49)33-40-5-2-8-45(56-40)51(65)66/h1-9,30-31,48-49H,10-29,32-37H2,(H,63,64)(H,65,66)(H,67,68)(H,69,70). The fourth-order valence-corrected chi connectivity index (χ4v) is 8.50. The zero-order valence-electron chi connectivity index (χ0n) is 44.0. The lowest BCUT2D eigenvalue weighted by molar-refractivity contribution is -0.120. The van der Waals surface area contributed by atoms with Gasteiger partial charge in [0.15, 0.2) is 5.69 Å². The molecule has 4 aromatic rings. The molecule has 79 heavy (non-hydrogen) atoms. The third-order valence-corrected chi connectivity index (χ3v) is 12.5. The third-order valence-electron chi connectivity index (χ3n) is 12.4. The quantitative estimate of drug-likeness (QED) is 0.104. The number of thiocarbonyl (C=S) groups is 1. The van der Waals surface area contributed by atoms with Crippen molar-refractivity contribution in [3.63, 3.8) is 0 Å². The number of aromatic nitrogens is 4. The Bertz CT molecular complexity index is 2580. The Balaban J connectivity index is 1.32. The van der Waals surface area contributed by atoms with Crippen LogP contribution < -0.4 is 0 Å². The molecule has 2 saturated heterocycles. The zero-order valence-corrected chi connectivity index (χ0v) is 44.8. The number of isothiocyanates is 1. The summed E-state index contributed by atoms with van der Waals surface area (Å²) >= 11 is 4.80. The minimum Gasteiger partial charge on any atom is -0.477 e. The van der Waals surface area contributed by atoms with Crippen LogP contribution in [0.15, 0.2) is 71.7 Å². The van der Waals surface area contributed by atoms with Gasteiger partial charge in [0, 0.05) is 78.5 Å². The van der Waals surface area contributed by atoms with Crippen LogP contribution in [0.2, 0.25) is 0 Å². The first kappa shape index (κ1) is 62.0. The molecular formula is C53H69N9O16S. The lowest BCUT2D eigenvalue weighted by Gasteiger charge is -2.34. The topological polar surface area (TPSA) is 300 Å². The molecule has 0 spiro atoms. The van der Waals surface area contributed by atoms with Gasteiger partial charge >= 0.3 is 23.9 Å². The van der Waals surface area contributed by atoms with Gasteiger partial charge in [-0.1, -0.05) is 18.2 Å². The van der Waals surface area contributed by atoms with Crippen molar-refractivity contribution in [2.45, 2.75) is 38.4 Å². The van der Waals surface area contributed by atoms with Gasteiger partial charge in [-0.2, -0.15) is 4.99 Å². The molecule has 0 saturated carbocycles. The van der Waals surface area contributed by atoms with E-state index >= 15 is 0 Å². The molecule has 2 fully saturated rings. The molecule has 0 aliphatic carbocycles. The smallest absolute Gasteiger partial charge is 0.354 e. The molecule has 0 aromatic carbocycles. The summed E-state index contributed by atoms with van der Waals surface area (Å²) in [5, 5.41) is 41.4. The monoisotopic (exact) mass is 1120 g/mol. The number of aliphatic imine (C=N–C) groups is 1. The Morgan fingerprint density at radius 1 is 0.456 bits per heavy atom. The molecule has 4 aromatic heterocycles. The zero-order chi connectivity index (χ0) is 56.0. The van der Waals surface area contributed by atoms with E-state index in [2.05, 4.69) is 44.8 Å². The van der Waals surface area contributed by atoms with E-state index in [1.807, 2.05) is 4.90 Å². The number of aromatic carboxylic acids is 4. The summed E-state index contributed by atoms with van der Waals surface area (Å²) in [5.74, 6) is -4.68. The van der Waals surface area contributed by atoms with Crippen molar-refractivity contribution in [3.8, 4) is 0 Å². The molecule has 2 aliphatic heterocycles. The van der Waals surface area contributed by atoms with E-state index in [1.54, 1.807) is 42.5 Å². The number of ether oxygens (including phenoxy) is 8. The van der Waals surface area contributed by atoms with Gasteiger partial charge in [-0.25, -0.2) is 39.1 Å². The molecule has 6 heterocycles. The van der Waals surface area contributed by atoms with E-state index in [0.717, 1.165) is 0 Å². The molecule has 4 N–H and O–H groups in total. The molecule has 25 nitrogen and oxygen atoms in total. The number of carboxylic acids is 4. The highest BCUT2D eigenvalue weighted by Gasteiger charge is 2.28. The van der Waals surface area contributed by atoms with Crippen molar-refractivity contribution in [3.05, 3.63) is 112 Å². The minimum atomic E-state index is -1.22. The number of rotatable bonds is 14. The third kappa shape index (κ3) is 23.2. The van der Waals surface area contributed by atoms with Crippen molar-refractivity contribution < 1.29 is 77.5 Å². The predicted molar refractivity (Wildman–Crippen MR) is 285 cm³/mol. The Labute approximate surface area is 463 Å². The van der Waals surface area contributed by atoms with Crippen LogP contribution in [-0.4, -0.2) is 246 Å². The maximum absolute atomic E-state index is 12.0. The summed E-state index contributed by atoms with van der Waals surface area (Å²) in [7, 11) is 0. The van der Waals surface area contributed by atoms with Gasteiger partial charge in [-0.05, 0) is 60.7 Å². The summed E-state index contributed by atoms with van der Waals surface area (Å²) in [5.41, 5.74) is 1.84. The fraction of sp³-hybridized carbons (Fsp3) is 0.528. The van der Waals surface area contributed by atoms with Crippen molar-refractivity contribution in [2.75, 3.05) is 145 Å². The number of carbonyl (C=O) groups is 4. The van der Waals surface area contributed by atoms with Gasteiger partial charge in [-0.15, -0.1) is 0 Å². The second-order valence-electron chi connectivity index (χ2n) is 18.2. The average Bonchev–Trinajstić information content (AvgIpc) is 3.43. The van der Waals surface area contributed by atoms with Crippen molar-refractivity contribution in [1.29, 1.82) is 0 Å². The van der Waals surface area contributed by atoms with Gasteiger partial charge in [0.1, 0.15) is 23.2 Å². The van der Waals surface area contributed by atoms with Crippen LogP contribution >= 0.6 is 12.2 Å². The number of nitrogens with zero attached hydrogens (tertiary/aromatic N) is 9. The first-order chi connectivity index (χ1) is 38.4. The minimum absolute atomic E-state index is 0.0263. The van der Waals surface area contributed by atoms with Gasteiger partial charge in [0.2, 0.25) is 0 Å². The number of pyridine rings is 4. The van der Waals surface area contributed by atoms with Crippen molar-refractivity contribution in [2.24, 2.45) is 4.99 Å². The molecule has 2 atom stereocenters. The van der Waals surface area contributed by atoms with Crippen LogP contribution in [0.1, 0.15) is 64.7 Å². The van der Waals surface area contributed by atoms with Crippen LogP contribution in [-0.2, 0) is 64.1 Å². The highest BCUT2D eigenvalue weighted by atomic mass is 32.1. The van der Waals surface area contributed by atoms with E-state index in [1.165, 1.54) is 24.3 Å². The molecule has 428 valence electrons. The summed E-state index contributed by atoms with van der Waals surface area (Å²) < 4.78 is 50.0. The van der Waals surface area contributed by atoms with E-state index in [4.69, 9.17) is 50.1 Å². The maximum atomic E-state index is 12.0. The second kappa shape index (κ2) is 34.7. The number of carboxylic acid groups (broad SMARTS) is 4. The molecule has 0 bridgehead atoms. The molecule has 2 aliphatic rings. The highest BCUT2D eigenvalue weighted by Crippen LogP contribution is 2.18. The Kier molecular flexibility index (Phi) is 27.3. The molecule has 26 heteroatoms. The first-order valence-corrected chi connectivity index (χ1v) is 26.3. The molecule has 2 unspecified atom stereocenters. The molecule has 6 rings (SSSR count). The van der Waals surface area contributed by atoms with Crippen molar-refractivity contribution in [1.82, 2.24) is 39.5 Å². The second-order valence-corrected chi connectivity index (χ2v) is 18.4. The van der Waals surface area contributed by atoms with Crippen LogP contribution in [0, 0.1) is 0 Å². The van der Waals surface area contributed by atoms with Crippen LogP contribution in [0.4, 0.5) is 5.69 Å². The normalized spacial score (nSPS) is 20.1. The Morgan fingerprint density at radius 3 is 1.24 bits per heavy atom. The van der Waals surface area contributed by atoms with E-state index in [-0.39, 0.29) is 88.5 Å². The van der Waals surface area contributed by atoms with Crippen LogP contribution in [0.5, 0.6) is 0 Å². The van der Waals surface area contributed by atoms with Gasteiger partial charge in [0.25, 0.3) is 0 Å². The van der Waals surface area contributed by atoms with Gasteiger partial charge in [0.05, 0.1) is 132 Å². The number of hydrogen-bond acceptors (Lipinski definition) is 22. The van der Waals surface area contributed by atoms with Crippen molar-refractivity contribution >= 4 is 46.9 Å². The fourth-order valence-electron chi connectivity index (χ4n) is 8.39. The lowest BCUT2D eigenvalue weighted by Crippen LogP contribution is -2.47. The highest BCUT2D eigenvalue weighted by molar-refractivity contribution is 7.78. The Hall–Kier alpha value is -6.20. The lowest BCUT2D eigenvalue weighted by atomic mass is 10.1. The van der Waals surface area contributed by atoms with E-state index in [0.29, 0.717) is 134 Å². The number of hydrogen-bond donors (Lipinski definition) is 4. The molecule has 0 radical (unpaired) electrons. The van der Waals surface area contributed by atoms with Gasteiger partial charge < -0.3 is 58.3 Å². The summed E-state index contributed by atoms with van der Waals surface area (Å²) in [6.07, 6.45) is -1.47. The van der Waals surface area contributed by atoms with E-state index < -0.39 is 36.1 Å². The summed E-state index contributed by atoms with van der Waals surface area (Å²) in [6, 6.07) is 17.5. The summed E-state index contributed by atoms with van der Waals surface area (Å²) in [6.45, 7) is 7.61. The predicted octanol–water partition coefficient (Wildman–Crippen LogP) is 3.00. The molecular weight excluding hydrogens is 1050 g/mol. The maximum Gasteiger partial charge on any atom is 0.354 e. The average molecular weight is 1120 g/mol. The van der Waals surface area contributed by atoms with Crippen LogP contribution in [0.25, 0.3) is 0 Å². The molecule has 0 amide bonds.